The van der Waals surface area contributed by atoms with Crippen molar-refractivity contribution in [1.82, 2.24) is 15.0 Å². The van der Waals surface area contributed by atoms with Crippen molar-refractivity contribution in [2.75, 3.05) is 13.7 Å². The van der Waals surface area contributed by atoms with E-state index in [0.29, 0.717) is 11.8 Å². The Hall–Kier alpha value is -2.51. The molecule has 1 saturated carbocycles. The number of aliphatic hydroxyl groups excluding tert-OH is 1. The number of carboxylic acid groups (broad SMARTS) is 1. The van der Waals surface area contributed by atoms with Crippen molar-refractivity contribution in [1.29, 1.82) is 0 Å². The number of rotatable bonds is 7. The average molecular weight is 463 g/mol. The van der Waals surface area contributed by atoms with Crippen LogP contribution in [0.15, 0.2) is 29.3 Å². The van der Waals surface area contributed by atoms with Crippen molar-refractivity contribution in [3.63, 3.8) is 0 Å². The third kappa shape index (κ3) is 4.57. The number of aromatic nitrogens is 3. The topological polar surface area (TPSA) is 132 Å². The first-order chi connectivity index (χ1) is 14.5. The third-order valence-corrected chi connectivity index (χ3v) is 7.50. The van der Waals surface area contributed by atoms with Crippen LogP contribution in [-0.2, 0) is 32.0 Å². The van der Waals surface area contributed by atoms with E-state index in [1.807, 2.05) is 0 Å². The number of methoxy groups -OCH3 is 1. The number of aliphatic carboxylic acids is 1. The predicted octanol–water partition coefficient (Wildman–Crippen LogP) is 1.47. The zero-order valence-corrected chi connectivity index (χ0v) is 17.1. The van der Waals surface area contributed by atoms with Gasteiger partial charge in [0.15, 0.2) is 9.84 Å². The summed E-state index contributed by atoms with van der Waals surface area (Å²) < 4.78 is 73.5. The second-order valence-corrected chi connectivity index (χ2v) is 9.36. The summed E-state index contributed by atoms with van der Waals surface area (Å²) in [6.45, 7) is -0.217. The van der Waals surface area contributed by atoms with Gasteiger partial charge in [-0.25, -0.2) is 13.1 Å². The van der Waals surface area contributed by atoms with Crippen LogP contribution in [0, 0.1) is 5.92 Å². The maximum absolute atomic E-state index is 13.8. The van der Waals surface area contributed by atoms with Gasteiger partial charge in [0.25, 0.3) is 0 Å². The van der Waals surface area contributed by atoms with E-state index >= 15 is 0 Å². The largest absolute Gasteiger partial charge is 0.481 e. The van der Waals surface area contributed by atoms with Gasteiger partial charge < -0.3 is 14.9 Å². The molecule has 2 N–H and O–H groups in total. The number of benzene rings is 1. The van der Waals surface area contributed by atoms with E-state index in [1.165, 1.54) is 13.3 Å². The number of carboxylic acids is 1. The van der Waals surface area contributed by atoms with E-state index < -0.39 is 49.7 Å². The molecule has 3 atom stereocenters. The monoisotopic (exact) mass is 463 g/mol. The van der Waals surface area contributed by atoms with Gasteiger partial charge in [-0.05, 0) is 31.0 Å². The van der Waals surface area contributed by atoms with Crippen LogP contribution in [0.3, 0.4) is 0 Å². The minimum Gasteiger partial charge on any atom is -0.481 e. The van der Waals surface area contributed by atoms with Gasteiger partial charge in [-0.3, -0.25) is 4.79 Å². The van der Waals surface area contributed by atoms with Crippen LogP contribution in [0.1, 0.15) is 24.1 Å². The molecular formula is C18H20F3N3O6S. The van der Waals surface area contributed by atoms with Crippen LogP contribution in [0.5, 0.6) is 0 Å². The number of sulfone groups is 1. The molecule has 1 aliphatic carbocycles. The Bertz CT molecular complexity index is 1070. The van der Waals surface area contributed by atoms with Gasteiger partial charge in [0.1, 0.15) is 0 Å². The molecular weight excluding hydrogens is 443 g/mol. The Morgan fingerprint density at radius 2 is 2.03 bits per heavy atom. The Labute approximate surface area is 175 Å². The molecule has 13 heteroatoms. The highest BCUT2D eigenvalue weighted by Crippen LogP contribution is 2.41. The second kappa shape index (κ2) is 8.55. The lowest BCUT2D eigenvalue weighted by atomic mass is 10.1. The van der Waals surface area contributed by atoms with Crippen LogP contribution < -0.4 is 0 Å². The van der Waals surface area contributed by atoms with Crippen molar-refractivity contribution < 1.29 is 41.3 Å². The number of carbonyl (C=O) groups is 1. The summed E-state index contributed by atoms with van der Waals surface area (Å²) >= 11 is 0. The highest BCUT2D eigenvalue weighted by Gasteiger charge is 2.47. The van der Waals surface area contributed by atoms with E-state index in [1.54, 1.807) is 0 Å². The third-order valence-electron chi connectivity index (χ3n) is 5.27. The summed E-state index contributed by atoms with van der Waals surface area (Å²) in [7, 11) is -3.28. The Morgan fingerprint density at radius 1 is 1.32 bits per heavy atom. The molecule has 0 aliphatic heterocycles. The van der Waals surface area contributed by atoms with Crippen molar-refractivity contribution in [3.05, 3.63) is 35.7 Å². The maximum Gasteiger partial charge on any atom is 0.417 e. The summed E-state index contributed by atoms with van der Waals surface area (Å²) in [5.74, 6) is -2.39. The van der Waals surface area contributed by atoms with E-state index in [-0.39, 0.29) is 31.6 Å². The van der Waals surface area contributed by atoms with Gasteiger partial charge in [0, 0.05) is 20.1 Å². The highest BCUT2D eigenvalue weighted by atomic mass is 32.2. The fourth-order valence-corrected chi connectivity index (χ4v) is 5.69. The molecule has 1 fully saturated rings. The molecule has 1 aromatic heterocycles. The molecule has 170 valence electrons. The highest BCUT2D eigenvalue weighted by molar-refractivity contribution is 7.92. The molecule has 0 amide bonds. The number of alkyl halides is 3. The molecule has 1 heterocycles. The fraction of sp³-hybridized carbons (Fsp3) is 0.500. The first kappa shape index (κ1) is 23.2. The fourth-order valence-electron chi connectivity index (χ4n) is 3.69. The smallest absolute Gasteiger partial charge is 0.417 e. The number of hydrogen-bond acceptors (Lipinski definition) is 7. The minimum absolute atomic E-state index is 0.0624. The number of hydrogen-bond donors (Lipinski definition) is 2. The zero-order valence-electron chi connectivity index (χ0n) is 16.3. The molecule has 0 radical (unpaired) electrons. The number of aliphatic hydroxyl groups is 1. The molecule has 2 aromatic rings. The molecule has 31 heavy (non-hydrogen) atoms. The molecule has 0 unspecified atom stereocenters. The Morgan fingerprint density at radius 3 is 2.58 bits per heavy atom. The predicted molar refractivity (Wildman–Crippen MR) is 99.3 cm³/mol. The number of nitrogens with zero attached hydrogens (tertiary/aromatic N) is 3. The van der Waals surface area contributed by atoms with Gasteiger partial charge in [0.2, 0.25) is 0 Å². The SMILES string of the molecule is CO[C@H]1C[C@@H](S(=O)(=O)c2ccc(-n3cc(CCO)nn3)cc2C(F)(F)F)C[C@@H]1C(=O)O. The van der Waals surface area contributed by atoms with E-state index in [0.717, 1.165) is 16.8 Å². The van der Waals surface area contributed by atoms with Gasteiger partial charge in [0.05, 0.1) is 45.3 Å². The molecule has 0 saturated heterocycles. The normalized spacial score (nSPS) is 22.0. The molecule has 1 aliphatic rings. The van der Waals surface area contributed by atoms with Crippen molar-refractivity contribution in [2.45, 2.75) is 41.7 Å². The summed E-state index contributed by atoms with van der Waals surface area (Å²) in [6.07, 6.45) is -4.97. The average Bonchev–Trinajstić information content (AvgIpc) is 3.34. The lowest BCUT2D eigenvalue weighted by Crippen LogP contribution is -2.24. The Kier molecular flexibility index (Phi) is 6.39. The van der Waals surface area contributed by atoms with Gasteiger partial charge >= 0.3 is 12.1 Å². The summed E-state index contributed by atoms with van der Waals surface area (Å²) in [4.78, 5) is 10.4. The molecule has 9 nitrogen and oxygen atoms in total. The number of halogens is 3. The standard InChI is InChI=1S/C18H20F3N3O6S/c1-30-15-8-12(7-13(15)17(26)27)31(28,29)16-3-2-11(6-14(16)18(19,20)21)24-9-10(4-5-25)22-23-24/h2-3,6,9,12-13,15,25H,4-5,7-8H2,1H3,(H,26,27)/t12-,13-,15-/m0/s1. The van der Waals surface area contributed by atoms with Crippen LogP contribution >= 0.6 is 0 Å². The quantitative estimate of drug-likeness (QED) is 0.631. The van der Waals surface area contributed by atoms with E-state index in [4.69, 9.17) is 9.84 Å². The Balaban J connectivity index is 2.03. The molecule has 0 spiro atoms. The summed E-state index contributed by atoms with van der Waals surface area (Å²) in [6, 6.07) is 2.66. The lowest BCUT2D eigenvalue weighted by Gasteiger charge is -2.18. The van der Waals surface area contributed by atoms with E-state index in [9.17, 15) is 31.5 Å². The van der Waals surface area contributed by atoms with Gasteiger partial charge in [-0.1, -0.05) is 5.21 Å². The molecule has 1 aromatic carbocycles. The minimum atomic E-state index is -4.99. The van der Waals surface area contributed by atoms with Crippen molar-refractivity contribution >= 4 is 15.8 Å². The van der Waals surface area contributed by atoms with Crippen LogP contribution in [-0.4, -0.2) is 64.7 Å². The molecule has 3 rings (SSSR count). The van der Waals surface area contributed by atoms with E-state index in [2.05, 4.69) is 10.3 Å². The second-order valence-electron chi connectivity index (χ2n) is 7.16. The van der Waals surface area contributed by atoms with Crippen LogP contribution in [0.25, 0.3) is 5.69 Å². The first-order valence-corrected chi connectivity index (χ1v) is 10.8. The van der Waals surface area contributed by atoms with Crippen molar-refractivity contribution in [3.8, 4) is 5.69 Å². The summed E-state index contributed by atoms with van der Waals surface area (Å²) in [5.41, 5.74) is -1.09. The number of ether oxygens (including phenoxy) is 1. The van der Waals surface area contributed by atoms with Crippen LogP contribution in [0.4, 0.5) is 13.2 Å². The van der Waals surface area contributed by atoms with Crippen LogP contribution in [0.2, 0.25) is 0 Å². The van der Waals surface area contributed by atoms with Crippen molar-refractivity contribution in [2.24, 2.45) is 5.92 Å². The summed E-state index contributed by atoms with van der Waals surface area (Å²) in [5, 5.41) is 24.3. The maximum atomic E-state index is 13.8. The van der Waals surface area contributed by atoms with Gasteiger partial charge in [-0.2, -0.15) is 13.2 Å². The van der Waals surface area contributed by atoms with Gasteiger partial charge in [-0.15, -0.1) is 5.10 Å². The lowest BCUT2D eigenvalue weighted by molar-refractivity contribution is -0.145. The zero-order chi connectivity index (χ0) is 23.0. The molecule has 0 bridgehead atoms. The first-order valence-electron chi connectivity index (χ1n) is 9.22.